The second-order valence-electron chi connectivity index (χ2n) is 6.24. The van der Waals surface area contributed by atoms with Crippen molar-refractivity contribution in [3.63, 3.8) is 0 Å². The lowest BCUT2D eigenvalue weighted by Gasteiger charge is -2.19. The molecule has 7 heteroatoms. The van der Waals surface area contributed by atoms with Gasteiger partial charge in [0.25, 0.3) is 5.91 Å². The van der Waals surface area contributed by atoms with Gasteiger partial charge in [-0.1, -0.05) is 18.9 Å². The van der Waals surface area contributed by atoms with Crippen LogP contribution in [0.4, 0.5) is 11.4 Å². The van der Waals surface area contributed by atoms with Crippen molar-refractivity contribution < 1.29 is 9.59 Å². The predicted molar refractivity (Wildman–Crippen MR) is 96.5 cm³/mol. The van der Waals surface area contributed by atoms with E-state index in [1.807, 2.05) is 6.07 Å². The van der Waals surface area contributed by atoms with Crippen LogP contribution in [0.5, 0.6) is 0 Å². The fourth-order valence-corrected chi connectivity index (χ4v) is 2.95. The van der Waals surface area contributed by atoms with E-state index in [4.69, 9.17) is 0 Å². The predicted octanol–water partition coefficient (Wildman–Crippen LogP) is 2.48. The number of hydrogen-bond donors (Lipinski definition) is 3. The Labute approximate surface area is 146 Å². The molecule has 7 nitrogen and oxygen atoms in total. The van der Waals surface area contributed by atoms with Crippen LogP contribution in [0, 0.1) is 0 Å². The number of aromatic amines is 1. The number of nitrogens with zero attached hydrogens (tertiary/aromatic N) is 2. The monoisotopic (exact) mass is 341 g/mol. The van der Waals surface area contributed by atoms with Gasteiger partial charge in [-0.05, 0) is 50.2 Å². The van der Waals surface area contributed by atoms with Crippen molar-refractivity contribution in [3.8, 4) is 0 Å². The van der Waals surface area contributed by atoms with Gasteiger partial charge in [0.15, 0.2) is 0 Å². The summed E-state index contributed by atoms with van der Waals surface area (Å²) in [4.78, 5) is 26.5. The molecular weight excluding hydrogens is 318 g/mol. The van der Waals surface area contributed by atoms with E-state index < -0.39 is 0 Å². The summed E-state index contributed by atoms with van der Waals surface area (Å²) in [5.74, 6) is -0.301. The largest absolute Gasteiger partial charge is 0.325 e. The first kappa shape index (κ1) is 17.2. The van der Waals surface area contributed by atoms with Gasteiger partial charge in [-0.15, -0.1) is 0 Å². The summed E-state index contributed by atoms with van der Waals surface area (Å²) in [5.41, 5.74) is 1.67. The first-order valence-electron chi connectivity index (χ1n) is 8.64. The quantitative estimate of drug-likeness (QED) is 0.779. The van der Waals surface area contributed by atoms with Crippen molar-refractivity contribution in [2.75, 3.05) is 30.3 Å². The van der Waals surface area contributed by atoms with Crippen LogP contribution >= 0.6 is 0 Å². The fraction of sp³-hybridized carbons (Fsp3) is 0.389. The van der Waals surface area contributed by atoms with Gasteiger partial charge in [0.05, 0.1) is 6.54 Å². The molecule has 0 saturated carbocycles. The van der Waals surface area contributed by atoms with Gasteiger partial charge in [-0.2, -0.15) is 5.10 Å². The summed E-state index contributed by atoms with van der Waals surface area (Å²) in [6, 6.07) is 8.73. The molecule has 0 spiro atoms. The third kappa shape index (κ3) is 5.15. The molecule has 3 rings (SSSR count). The van der Waals surface area contributed by atoms with E-state index in [1.54, 1.807) is 24.3 Å². The minimum Gasteiger partial charge on any atom is -0.325 e. The molecule has 1 fully saturated rings. The van der Waals surface area contributed by atoms with Crippen LogP contribution in [0.2, 0.25) is 0 Å². The van der Waals surface area contributed by atoms with Gasteiger partial charge >= 0.3 is 0 Å². The summed E-state index contributed by atoms with van der Waals surface area (Å²) in [5, 5.41) is 12.1. The van der Waals surface area contributed by atoms with Crippen molar-refractivity contribution in [1.29, 1.82) is 0 Å². The summed E-state index contributed by atoms with van der Waals surface area (Å²) in [6.07, 6.45) is 6.32. The number of rotatable bonds is 5. The maximum Gasteiger partial charge on any atom is 0.273 e. The Hall–Kier alpha value is -2.67. The minimum absolute atomic E-state index is 0.0288. The molecule has 2 amide bonds. The van der Waals surface area contributed by atoms with Gasteiger partial charge in [0, 0.05) is 17.6 Å². The Morgan fingerprint density at radius 1 is 1.04 bits per heavy atom. The number of aromatic nitrogens is 2. The van der Waals surface area contributed by atoms with Gasteiger partial charge in [0.2, 0.25) is 5.91 Å². The van der Waals surface area contributed by atoms with E-state index in [9.17, 15) is 9.59 Å². The highest BCUT2D eigenvalue weighted by Crippen LogP contribution is 2.16. The van der Waals surface area contributed by atoms with E-state index >= 15 is 0 Å². The maximum absolute atomic E-state index is 12.3. The van der Waals surface area contributed by atoms with Crippen molar-refractivity contribution in [1.82, 2.24) is 15.1 Å². The fourth-order valence-electron chi connectivity index (χ4n) is 2.95. The highest BCUT2D eigenvalue weighted by molar-refractivity contribution is 6.03. The Kier molecular flexibility index (Phi) is 5.79. The number of amides is 2. The zero-order valence-electron chi connectivity index (χ0n) is 14.1. The Morgan fingerprint density at radius 2 is 1.76 bits per heavy atom. The normalized spacial score (nSPS) is 15.4. The van der Waals surface area contributed by atoms with E-state index in [0.717, 1.165) is 25.9 Å². The smallest absolute Gasteiger partial charge is 0.273 e. The molecule has 0 aliphatic carbocycles. The number of carbonyl (C=O) groups is 2. The first-order valence-corrected chi connectivity index (χ1v) is 8.64. The second-order valence-corrected chi connectivity index (χ2v) is 6.24. The number of nitrogens with one attached hydrogen (secondary N) is 3. The molecule has 132 valence electrons. The van der Waals surface area contributed by atoms with Crippen LogP contribution in [-0.4, -0.2) is 46.5 Å². The lowest BCUT2D eigenvalue weighted by Crippen LogP contribution is -2.33. The minimum atomic E-state index is -0.273. The molecule has 1 aliphatic heterocycles. The van der Waals surface area contributed by atoms with Crippen LogP contribution in [-0.2, 0) is 4.79 Å². The maximum atomic E-state index is 12.3. The molecule has 2 heterocycles. The van der Waals surface area contributed by atoms with Crippen LogP contribution in [0.15, 0.2) is 36.5 Å². The summed E-state index contributed by atoms with van der Waals surface area (Å²) in [7, 11) is 0. The van der Waals surface area contributed by atoms with Gasteiger partial charge in [0.1, 0.15) is 5.69 Å². The third-order valence-corrected chi connectivity index (χ3v) is 4.22. The third-order valence-electron chi connectivity index (χ3n) is 4.22. The molecule has 1 aromatic heterocycles. The molecular formula is C18H23N5O2. The molecule has 0 atom stereocenters. The van der Waals surface area contributed by atoms with Crippen LogP contribution in [0.1, 0.15) is 36.2 Å². The van der Waals surface area contributed by atoms with Crippen LogP contribution < -0.4 is 10.6 Å². The Bertz CT molecular complexity index is 706. The van der Waals surface area contributed by atoms with Crippen LogP contribution in [0.3, 0.4) is 0 Å². The number of H-pyrrole nitrogens is 1. The lowest BCUT2D eigenvalue weighted by atomic mass is 10.2. The number of likely N-dealkylation sites (tertiary alicyclic amines) is 1. The molecule has 3 N–H and O–H groups in total. The molecule has 2 aromatic rings. The zero-order valence-corrected chi connectivity index (χ0v) is 14.1. The van der Waals surface area contributed by atoms with E-state index in [2.05, 4.69) is 25.7 Å². The van der Waals surface area contributed by atoms with Crippen molar-refractivity contribution in [3.05, 3.63) is 42.2 Å². The molecule has 25 heavy (non-hydrogen) atoms. The number of carbonyl (C=O) groups excluding carboxylic acids is 2. The number of anilines is 2. The van der Waals surface area contributed by atoms with Crippen LogP contribution in [0.25, 0.3) is 0 Å². The second kappa shape index (κ2) is 8.43. The van der Waals surface area contributed by atoms with Gasteiger partial charge in [-0.25, -0.2) is 0 Å². The van der Waals surface area contributed by atoms with E-state index in [0.29, 0.717) is 23.6 Å². The molecule has 0 radical (unpaired) electrons. The van der Waals surface area contributed by atoms with E-state index in [-0.39, 0.29) is 11.8 Å². The highest BCUT2D eigenvalue weighted by atomic mass is 16.2. The Balaban J connectivity index is 1.55. The standard InChI is InChI=1S/C18H23N5O2/c24-17(13-23-10-3-1-2-4-11-23)20-14-6-5-7-15(12-14)21-18(25)16-8-9-19-22-16/h5-9,12H,1-4,10-11,13H2,(H,19,22)(H,20,24)(H,21,25). The molecule has 1 aromatic carbocycles. The average molecular weight is 341 g/mol. The average Bonchev–Trinajstić information content (AvgIpc) is 3.01. The summed E-state index contributed by atoms with van der Waals surface area (Å²) in [6.45, 7) is 2.37. The molecule has 0 bridgehead atoms. The number of hydrogen-bond acceptors (Lipinski definition) is 4. The van der Waals surface area contributed by atoms with Crippen molar-refractivity contribution >= 4 is 23.2 Å². The molecule has 1 saturated heterocycles. The lowest BCUT2D eigenvalue weighted by molar-refractivity contribution is -0.117. The summed E-state index contributed by atoms with van der Waals surface area (Å²) >= 11 is 0. The topological polar surface area (TPSA) is 90.1 Å². The van der Waals surface area contributed by atoms with E-state index in [1.165, 1.54) is 19.0 Å². The summed E-state index contributed by atoms with van der Waals surface area (Å²) < 4.78 is 0. The zero-order chi connectivity index (χ0) is 17.5. The SMILES string of the molecule is O=C(CN1CCCCCC1)Nc1cccc(NC(=O)c2ccn[nH]2)c1. The molecule has 0 unspecified atom stereocenters. The number of benzene rings is 1. The first-order chi connectivity index (χ1) is 12.2. The van der Waals surface area contributed by atoms with Gasteiger partial charge < -0.3 is 10.6 Å². The Morgan fingerprint density at radius 3 is 2.44 bits per heavy atom. The van der Waals surface area contributed by atoms with Crippen molar-refractivity contribution in [2.45, 2.75) is 25.7 Å². The highest BCUT2D eigenvalue weighted by Gasteiger charge is 2.13. The molecule has 1 aliphatic rings. The van der Waals surface area contributed by atoms with Crippen molar-refractivity contribution in [2.24, 2.45) is 0 Å². The van der Waals surface area contributed by atoms with Gasteiger partial charge in [-0.3, -0.25) is 19.6 Å².